The van der Waals surface area contributed by atoms with Gasteiger partial charge >= 0.3 is 0 Å². The highest BCUT2D eigenvalue weighted by atomic mass is 15.3. The number of rotatable bonds is 2. The zero-order valence-corrected chi connectivity index (χ0v) is 14.7. The Balaban J connectivity index is 1.78. The van der Waals surface area contributed by atoms with Crippen molar-refractivity contribution >= 4 is 10.8 Å². The third-order valence-corrected chi connectivity index (χ3v) is 5.17. The summed E-state index contributed by atoms with van der Waals surface area (Å²) in [4.78, 5) is 4.19. The molecule has 4 nitrogen and oxygen atoms in total. The zero-order valence-electron chi connectivity index (χ0n) is 14.7. The Morgan fingerprint density at radius 1 is 0.962 bits per heavy atom. The first kappa shape index (κ1) is 15.3. The van der Waals surface area contributed by atoms with Crippen LogP contribution in [0, 0.1) is 0 Å². The van der Waals surface area contributed by atoms with E-state index < -0.39 is 0 Å². The predicted molar refractivity (Wildman–Crippen MR) is 105 cm³/mol. The molecule has 1 atom stereocenters. The standard InChI is InChI=1S/C22H20N4/c1-15-22-20(17-8-10-23-11-9-17)21(25-26(22)13-12-24-15)19-7-6-16-4-2-3-5-18(16)14-19/h2-11,14-15,24H,12-13H2,1H3. The van der Waals surface area contributed by atoms with Gasteiger partial charge in [0.2, 0.25) is 0 Å². The third kappa shape index (κ3) is 2.42. The van der Waals surface area contributed by atoms with Gasteiger partial charge in [-0.05, 0) is 41.5 Å². The molecule has 5 rings (SSSR count). The minimum absolute atomic E-state index is 0.272. The summed E-state index contributed by atoms with van der Waals surface area (Å²) in [5, 5.41) is 11.1. The largest absolute Gasteiger partial charge is 0.307 e. The second-order valence-corrected chi connectivity index (χ2v) is 6.81. The number of pyridine rings is 1. The molecule has 4 aromatic rings. The molecule has 0 aliphatic carbocycles. The first-order chi connectivity index (χ1) is 12.8. The van der Waals surface area contributed by atoms with E-state index in [4.69, 9.17) is 5.10 Å². The van der Waals surface area contributed by atoms with E-state index in [0.29, 0.717) is 0 Å². The van der Waals surface area contributed by atoms with Crippen molar-refractivity contribution in [2.45, 2.75) is 19.5 Å². The molecule has 1 aliphatic heterocycles. The van der Waals surface area contributed by atoms with Gasteiger partial charge in [-0.1, -0.05) is 36.4 Å². The van der Waals surface area contributed by atoms with Crippen molar-refractivity contribution in [1.82, 2.24) is 20.1 Å². The van der Waals surface area contributed by atoms with Gasteiger partial charge in [-0.2, -0.15) is 5.10 Å². The number of fused-ring (bicyclic) bond motifs is 2. The van der Waals surface area contributed by atoms with Crippen LogP contribution >= 0.6 is 0 Å². The van der Waals surface area contributed by atoms with Crippen LogP contribution in [0.2, 0.25) is 0 Å². The first-order valence-corrected chi connectivity index (χ1v) is 9.05. The van der Waals surface area contributed by atoms with Gasteiger partial charge in [0.25, 0.3) is 0 Å². The quantitative estimate of drug-likeness (QED) is 0.587. The summed E-state index contributed by atoms with van der Waals surface area (Å²) in [5.74, 6) is 0. The average molecular weight is 340 g/mol. The Kier molecular flexibility index (Phi) is 3.57. The Morgan fingerprint density at radius 3 is 2.62 bits per heavy atom. The molecule has 26 heavy (non-hydrogen) atoms. The van der Waals surface area contributed by atoms with E-state index >= 15 is 0 Å². The number of hydrogen-bond acceptors (Lipinski definition) is 3. The van der Waals surface area contributed by atoms with Crippen LogP contribution in [0.4, 0.5) is 0 Å². The Morgan fingerprint density at radius 2 is 1.77 bits per heavy atom. The van der Waals surface area contributed by atoms with Crippen LogP contribution in [0.1, 0.15) is 18.7 Å². The lowest BCUT2D eigenvalue weighted by molar-refractivity contribution is 0.421. The molecule has 1 N–H and O–H groups in total. The van der Waals surface area contributed by atoms with Crippen LogP contribution in [0.3, 0.4) is 0 Å². The van der Waals surface area contributed by atoms with E-state index in [1.165, 1.54) is 27.6 Å². The summed E-state index contributed by atoms with van der Waals surface area (Å²) in [6.45, 7) is 4.05. The Hall–Kier alpha value is -2.98. The maximum absolute atomic E-state index is 5.01. The summed E-state index contributed by atoms with van der Waals surface area (Å²) >= 11 is 0. The summed E-state index contributed by atoms with van der Waals surface area (Å²) in [7, 11) is 0. The maximum atomic E-state index is 5.01. The van der Waals surface area contributed by atoms with Crippen LogP contribution in [-0.4, -0.2) is 21.3 Å². The molecular weight excluding hydrogens is 320 g/mol. The van der Waals surface area contributed by atoms with Gasteiger partial charge in [-0.15, -0.1) is 0 Å². The highest BCUT2D eigenvalue weighted by Gasteiger charge is 2.26. The molecule has 4 heteroatoms. The second kappa shape index (κ2) is 6.07. The molecule has 2 aromatic carbocycles. The fraction of sp³-hybridized carbons (Fsp3) is 0.182. The number of nitrogens with zero attached hydrogens (tertiary/aromatic N) is 3. The van der Waals surface area contributed by atoms with Crippen LogP contribution < -0.4 is 5.32 Å². The summed E-state index contributed by atoms with van der Waals surface area (Å²) in [5.41, 5.74) is 5.84. The highest BCUT2D eigenvalue weighted by Crippen LogP contribution is 2.38. The smallest absolute Gasteiger partial charge is 0.100 e. The first-order valence-electron chi connectivity index (χ1n) is 9.05. The predicted octanol–water partition coefficient (Wildman–Crippen LogP) is 4.43. The van der Waals surface area contributed by atoms with E-state index in [2.05, 4.69) is 76.5 Å². The molecule has 128 valence electrons. The normalized spacial score (nSPS) is 16.6. The molecule has 0 saturated carbocycles. The second-order valence-electron chi connectivity index (χ2n) is 6.81. The molecule has 3 heterocycles. The van der Waals surface area contributed by atoms with Crippen molar-refractivity contribution in [2.24, 2.45) is 0 Å². The van der Waals surface area contributed by atoms with E-state index in [9.17, 15) is 0 Å². The van der Waals surface area contributed by atoms with Gasteiger partial charge in [0.15, 0.2) is 0 Å². The molecule has 0 bridgehead atoms. The average Bonchev–Trinajstić information content (AvgIpc) is 3.09. The molecule has 0 spiro atoms. The monoisotopic (exact) mass is 340 g/mol. The van der Waals surface area contributed by atoms with Crippen LogP contribution in [0.25, 0.3) is 33.2 Å². The van der Waals surface area contributed by atoms with Crippen LogP contribution in [0.15, 0.2) is 67.0 Å². The van der Waals surface area contributed by atoms with E-state index in [1.807, 2.05) is 12.4 Å². The Labute approximate surface area is 152 Å². The van der Waals surface area contributed by atoms with Crippen LogP contribution in [0.5, 0.6) is 0 Å². The number of hydrogen-bond donors (Lipinski definition) is 1. The molecule has 1 aliphatic rings. The number of benzene rings is 2. The van der Waals surface area contributed by atoms with Crippen molar-refractivity contribution in [2.75, 3.05) is 6.54 Å². The van der Waals surface area contributed by atoms with Gasteiger partial charge in [-0.3, -0.25) is 9.67 Å². The van der Waals surface area contributed by atoms with E-state index in [0.717, 1.165) is 24.3 Å². The minimum Gasteiger partial charge on any atom is -0.307 e. The van der Waals surface area contributed by atoms with E-state index in [-0.39, 0.29) is 6.04 Å². The fourth-order valence-corrected chi connectivity index (χ4v) is 3.91. The molecular formula is C22H20N4. The van der Waals surface area contributed by atoms with Crippen molar-refractivity contribution in [3.05, 3.63) is 72.7 Å². The summed E-state index contributed by atoms with van der Waals surface area (Å²) < 4.78 is 2.17. The molecule has 0 amide bonds. The lowest BCUT2D eigenvalue weighted by Crippen LogP contribution is -2.32. The highest BCUT2D eigenvalue weighted by molar-refractivity contribution is 5.90. The van der Waals surface area contributed by atoms with Gasteiger partial charge in [0.05, 0.1) is 12.2 Å². The molecule has 0 fully saturated rings. The minimum atomic E-state index is 0.272. The number of nitrogens with one attached hydrogen (secondary N) is 1. The molecule has 1 unspecified atom stereocenters. The lowest BCUT2D eigenvalue weighted by Gasteiger charge is -2.23. The van der Waals surface area contributed by atoms with Gasteiger partial charge < -0.3 is 5.32 Å². The van der Waals surface area contributed by atoms with Crippen molar-refractivity contribution in [3.8, 4) is 22.4 Å². The SMILES string of the molecule is CC1NCCn2nc(-c3ccc4ccccc4c3)c(-c3ccncc3)c21. The molecule has 0 radical (unpaired) electrons. The van der Waals surface area contributed by atoms with Crippen molar-refractivity contribution in [3.63, 3.8) is 0 Å². The summed E-state index contributed by atoms with van der Waals surface area (Å²) in [6, 6.07) is 19.5. The van der Waals surface area contributed by atoms with Gasteiger partial charge in [-0.25, -0.2) is 0 Å². The van der Waals surface area contributed by atoms with Crippen LogP contribution in [-0.2, 0) is 6.54 Å². The summed E-state index contributed by atoms with van der Waals surface area (Å²) in [6.07, 6.45) is 3.70. The van der Waals surface area contributed by atoms with E-state index in [1.54, 1.807) is 0 Å². The van der Waals surface area contributed by atoms with Gasteiger partial charge in [0.1, 0.15) is 5.69 Å². The Bertz CT molecular complexity index is 1080. The van der Waals surface area contributed by atoms with Gasteiger partial charge in [0, 0.05) is 36.1 Å². The third-order valence-electron chi connectivity index (χ3n) is 5.17. The van der Waals surface area contributed by atoms with Crippen molar-refractivity contribution < 1.29 is 0 Å². The maximum Gasteiger partial charge on any atom is 0.100 e. The number of aromatic nitrogens is 3. The zero-order chi connectivity index (χ0) is 17.5. The topological polar surface area (TPSA) is 42.7 Å². The van der Waals surface area contributed by atoms with Crippen molar-refractivity contribution in [1.29, 1.82) is 0 Å². The fourth-order valence-electron chi connectivity index (χ4n) is 3.91. The molecule has 0 saturated heterocycles. The molecule has 2 aromatic heterocycles. The lowest BCUT2D eigenvalue weighted by atomic mass is 9.95.